The zero-order valence-electron chi connectivity index (χ0n) is 9.80. The molecule has 1 saturated carbocycles. The second kappa shape index (κ2) is 5.03. The molecule has 0 aromatic carbocycles. The Hall–Kier alpha value is -2.11. The number of rotatable bonds is 4. The molecule has 0 radical (unpaired) electrons. The van der Waals surface area contributed by atoms with E-state index in [-0.39, 0.29) is 12.0 Å². The number of anilines is 1. The van der Waals surface area contributed by atoms with Gasteiger partial charge in [-0.15, -0.1) is 0 Å². The van der Waals surface area contributed by atoms with Gasteiger partial charge in [0, 0.05) is 12.2 Å². The zero-order valence-corrected chi connectivity index (χ0v) is 9.80. The maximum absolute atomic E-state index is 11.2. The van der Waals surface area contributed by atoms with E-state index in [1.807, 2.05) is 0 Å². The molecule has 6 heteroatoms. The summed E-state index contributed by atoms with van der Waals surface area (Å²) in [6.45, 7) is 0. The molecule has 0 aliphatic heterocycles. The average Bonchev–Trinajstić information content (AvgIpc) is 2.78. The Bertz CT molecular complexity index is 475. The van der Waals surface area contributed by atoms with Crippen molar-refractivity contribution < 1.29 is 14.7 Å². The van der Waals surface area contributed by atoms with Crippen molar-refractivity contribution in [2.75, 3.05) is 5.32 Å². The second-order valence-corrected chi connectivity index (χ2v) is 4.45. The Morgan fingerprint density at radius 1 is 1.44 bits per heavy atom. The van der Waals surface area contributed by atoms with Crippen molar-refractivity contribution in [3.8, 4) is 0 Å². The summed E-state index contributed by atoms with van der Waals surface area (Å²) in [6.07, 6.45) is 3.51. The van der Waals surface area contributed by atoms with E-state index in [2.05, 4.69) is 10.3 Å². The Morgan fingerprint density at radius 2 is 2.22 bits per heavy atom. The number of aliphatic carboxylic acids is 1. The lowest BCUT2D eigenvalue weighted by Gasteiger charge is -2.14. The predicted molar refractivity (Wildman–Crippen MR) is 65.1 cm³/mol. The Labute approximate surface area is 104 Å². The lowest BCUT2D eigenvalue weighted by molar-refractivity contribution is -0.141. The van der Waals surface area contributed by atoms with Gasteiger partial charge in [-0.3, -0.25) is 9.59 Å². The van der Waals surface area contributed by atoms with Crippen LogP contribution in [0.5, 0.6) is 0 Å². The van der Waals surface area contributed by atoms with Gasteiger partial charge >= 0.3 is 5.97 Å². The molecular formula is C12H15N3O3. The molecule has 2 atom stereocenters. The van der Waals surface area contributed by atoms with Gasteiger partial charge in [-0.05, 0) is 31.4 Å². The number of carboxylic acids is 1. The highest BCUT2D eigenvalue weighted by Gasteiger charge is 2.30. The number of amides is 1. The van der Waals surface area contributed by atoms with Crippen LogP contribution in [-0.2, 0) is 4.79 Å². The second-order valence-electron chi connectivity index (χ2n) is 4.45. The fourth-order valence-electron chi connectivity index (χ4n) is 2.25. The maximum atomic E-state index is 11.2. The fraction of sp³-hybridized carbons (Fsp3) is 0.417. The molecule has 1 amide bonds. The normalized spacial score (nSPS) is 22.7. The third kappa shape index (κ3) is 2.58. The van der Waals surface area contributed by atoms with E-state index in [9.17, 15) is 9.59 Å². The van der Waals surface area contributed by atoms with Crippen molar-refractivity contribution in [1.29, 1.82) is 0 Å². The topological polar surface area (TPSA) is 105 Å². The van der Waals surface area contributed by atoms with Crippen LogP contribution in [0.2, 0.25) is 0 Å². The van der Waals surface area contributed by atoms with Crippen LogP contribution in [0.1, 0.15) is 29.6 Å². The number of pyridine rings is 1. The zero-order chi connectivity index (χ0) is 13.1. The molecule has 18 heavy (non-hydrogen) atoms. The number of nitrogens with two attached hydrogens (primary N) is 1. The number of hydrogen-bond donors (Lipinski definition) is 3. The highest BCUT2D eigenvalue weighted by atomic mass is 16.4. The molecule has 4 N–H and O–H groups in total. The molecule has 0 spiro atoms. The average molecular weight is 249 g/mol. The smallest absolute Gasteiger partial charge is 0.306 e. The van der Waals surface area contributed by atoms with Crippen LogP contribution >= 0.6 is 0 Å². The number of primary amides is 1. The van der Waals surface area contributed by atoms with Crippen molar-refractivity contribution in [3.05, 3.63) is 23.9 Å². The minimum absolute atomic E-state index is 0.0269. The highest BCUT2D eigenvalue weighted by Crippen LogP contribution is 2.28. The molecule has 1 fully saturated rings. The lowest BCUT2D eigenvalue weighted by Crippen LogP contribution is -2.22. The fourth-order valence-corrected chi connectivity index (χ4v) is 2.25. The molecule has 1 aromatic rings. The van der Waals surface area contributed by atoms with E-state index in [4.69, 9.17) is 10.8 Å². The van der Waals surface area contributed by atoms with Gasteiger partial charge in [0.2, 0.25) is 0 Å². The molecule has 2 rings (SSSR count). The van der Waals surface area contributed by atoms with Crippen LogP contribution in [-0.4, -0.2) is 28.0 Å². The van der Waals surface area contributed by atoms with E-state index in [1.54, 1.807) is 18.3 Å². The van der Waals surface area contributed by atoms with E-state index in [1.165, 1.54) is 0 Å². The molecule has 1 aromatic heterocycles. The van der Waals surface area contributed by atoms with E-state index in [0.29, 0.717) is 24.2 Å². The molecule has 1 aliphatic rings. The van der Waals surface area contributed by atoms with Crippen LogP contribution in [0.15, 0.2) is 18.3 Å². The van der Waals surface area contributed by atoms with Gasteiger partial charge in [0.1, 0.15) is 5.82 Å². The van der Waals surface area contributed by atoms with Crippen molar-refractivity contribution >= 4 is 17.7 Å². The van der Waals surface area contributed by atoms with Gasteiger partial charge in [0.15, 0.2) is 0 Å². The minimum atomic E-state index is -0.768. The van der Waals surface area contributed by atoms with Gasteiger partial charge in [0.25, 0.3) is 5.91 Å². The maximum Gasteiger partial charge on any atom is 0.306 e. The number of carboxylic acid groups (broad SMARTS) is 1. The predicted octanol–water partition coefficient (Wildman–Crippen LogP) is 0.846. The summed E-state index contributed by atoms with van der Waals surface area (Å²) in [5.41, 5.74) is 5.58. The quantitative estimate of drug-likeness (QED) is 0.733. The molecule has 0 saturated heterocycles. The Balaban J connectivity index is 2.07. The summed E-state index contributed by atoms with van der Waals surface area (Å²) >= 11 is 0. The molecule has 1 heterocycles. The molecule has 6 nitrogen and oxygen atoms in total. The first-order valence-electron chi connectivity index (χ1n) is 5.82. The standard InChI is InChI=1S/C12H15N3O3/c13-10(16)9-2-1-5-14-11(9)15-8-4-3-7(6-8)12(17)18/h1-2,5,7-8H,3-4,6H2,(H2,13,16)(H,14,15)(H,17,18). The van der Waals surface area contributed by atoms with Gasteiger partial charge in [0.05, 0.1) is 11.5 Å². The van der Waals surface area contributed by atoms with Crippen molar-refractivity contribution in [2.45, 2.75) is 25.3 Å². The van der Waals surface area contributed by atoms with Gasteiger partial charge < -0.3 is 16.2 Å². The first-order chi connectivity index (χ1) is 8.58. The van der Waals surface area contributed by atoms with Crippen LogP contribution < -0.4 is 11.1 Å². The van der Waals surface area contributed by atoms with E-state index >= 15 is 0 Å². The van der Waals surface area contributed by atoms with Crippen molar-refractivity contribution in [2.24, 2.45) is 11.7 Å². The van der Waals surface area contributed by atoms with Crippen molar-refractivity contribution in [3.63, 3.8) is 0 Å². The summed E-state index contributed by atoms with van der Waals surface area (Å²) in [6, 6.07) is 3.26. The first-order valence-corrected chi connectivity index (χ1v) is 5.82. The van der Waals surface area contributed by atoms with Gasteiger partial charge in [-0.25, -0.2) is 4.98 Å². The summed E-state index contributed by atoms with van der Waals surface area (Å²) in [5, 5.41) is 12.0. The third-order valence-electron chi connectivity index (χ3n) is 3.20. The number of nitrogens with one attached hydrogen (secondary N) is 1. The third-order valence-corrected chi connectivity index (χ3v) is 3.20. The number of nitrogens with zero attached hydrogens (tertiary/aromatic N) is 1. The largest absolute Gasteiger partial charge is 0.481 e. The summed E-state index contributed by atoms with van der Waals surface area (Å²) in [7, 11) is 0. The highest BCUT2D eigenvalue weighted by molar-refractivity contribution is 5.97. The van der Waals surface area contributed by atoms with Crippen LogP contribution in [0, 0.1) is 5.92 Å². The van der Waals surface area contributed by atoms with Gasteiger partial charge in [-0.1, -0.05) is 0 Å². The molecule has 2 unspecified atom stereocenters. The van der Waals surface area contributed by atoms with E-state index in [0.717, 1.165) is 6.42 Å². The Morgan fingerprint density at radius 3 is 2.83 bits per heavy atom. The number of aromatic nitrogens is 1. The minimum Gasteiger partial charge on any atom is -0.481 e. The van der Waals surface area contributed by atoms with Crippen molar-refractivity contribution in [1.82, 2.24) is 4.98 Å². The number of carbonyl (C=O) groups excluding carboxylic acids is 1. The Kier molecular flexibility index (Phi) is 3.45. The first kappa shape index (κ1) is 12.3. The molecule has 1 aliphatic carbocycles. The molecule has 96 valence electrons. The summed E-state index contributed by atoms with van der Waals surface area (Å²) < 4.78 is 0. The monoisotopic (exact) mass is 249 g/mol. The van der Waals surface area contributed by atoms with Crippen LogP contribution in [0.4, 0.5) is 5.82 Å². The molecular weight excluding hydrogens is 234 g/mol. The lowest BCUT2D eigenvalue weighted by atomic mass is 10.1. The summed E-state index contributed by atoms with van der Waals surface area (Å²) in [4.78, 5) is 26.1. The SMILES string of the molecule is NC(=O)c1cccnc1NC1CCC(C(=O)O)C1. The van der Waals surface area contributed by atoms with Crippen LogP contribution in [0.25, 0.3) is 0 Å². The number of hydrogen-bond acceptors (Lipinski definition) is 4. The van der Waals surface area contributed by atoms with E-state index < -0.39 is 11.9 Å². The van der Waals surface area contributed by atoms with Crippen LogP contribution in [0.3, 0.4) is 0 Å². The summed E-state index contributed by atoms with van der Waals surface area (Å²) in [5.74, 6) is -1.20. The number of carbonyl (C=O) groups is 2. The molecule has 0 bridgehead atoms. The van der Waals surface area contributed by atoms with Gasteiger partial charge in [-0.2, -0.15) is 0 Å².